The third kappa shape index (κ3) is 12.0. The molecule has 1 rings (SSSR count). The van der Waals surface area contributed by atoms with Crippen LogP contribution in [0.2, 0.25) is 0 Å². The van der Waals surface area contributed by atoms with Crippen molar-refractivity contribution in [3.8, 4) is 0 Å². The van der Waals surface area contributed by atoms with Crippen molar-refractivity contribution in [2.24, 2.45) is 0 Å². The van der Waals surface area contributed by atoms with Crippen molar-refractivity contribution in [1.29, 1.82) is 0 Å². The Bertz CT molecular complexity index is 299. The average Bonchev–Trinajstić information content (AvgIpc) is 2.52. The van der Waals surface area contributed by atoms with E-state index in [1.807, 2.05) is 0 Å². The van der Waals surface area contributed by atoms with Gasteiger partial charge in [0.25, 0.3) is 0 Å². The number of nitrogens with zero attached hydrogens (tertiary/aromatic N) is 2. The van der Waals surface area contributed by atoms with Crippen LogP contribution in [0.3, 0.4) is 0 Å². The number of rotatable bonds is 0. The highest BCUT2D eigenvalue weighted by Gasteiger charge is 2.21. The molecule has 1 saturated heterocycles. The molecule has 0 saturated carbocycles. The van der Waals surface area contributed by atoms with Gasteiger partial charge in [0.05, 0.1) is 0 Å². The summed E-state index contributed by atoms with van der Waals surface area (Å²) in [6, 6.07) is 0. The van der Waals surface area contributed by atoms with Crippen LogP contribution in [0.15, 0.2) is 0 Å². The van der Waals surface area contributed by atoms with Crippen LogP contribution < -0.4 is 0 Å². The largest absolute Gasteiger partial charge is 0.297 e. The maximum Gasteiger partial charge on any atom is 0.0125 e. The summed E-state index contributed by atoms with van der Waals surface area (Å²) in [5.74, 6) is 10.3. The van der Waals surface area contributed by atoms with Crippen molar-refractivity contribution in [3.63, 3.8) is 0 Å². The second-order valence-electron chi connectivity index (χ2n) is 8.77. The van der Waals surface area contributed by atoms with Crippen molar-refractivity contribution in [2.75, 3.05) is 72.2 Å². The molecule has 0 atom stereocenters. The van der Waals surface area contributed by atoms with Crippen LogP contribution in [0.1, 0.15) is 41.5 Å². The molecule has 2 nitrogen and oxygen atoms in total. The van der Waals surface area contributed by atoms with Crippen molar-refractivity contribution < 1.29 is 0 Å². The van der Waals surface area contributed by atoms with Crippen LogP contribution in [-0.4, -0.2) is 93.1 Å². The second-order valence-corrected chi connectivity index (χ2v) is 13.7. The van der Waals surface area contributed by atoms with Crippen LogP contribution >= 0.6 is 47.0 Å². The number of thioether (sulfide) groups is 4. The molecule has 0 radical (unpaired) electrons. The molecule has 6 heteroatoms. The molecule has 26 heavy (non-hydrogen) atoms. The maximum absolute atomic E-state index is 2.68. The fourth-order valence-corrected chi connectivity index (χ4v) is 7.01. The van der Waals surface area contributed by atoms with E-state index in [1.54, 1.807) is 0 Å². The van der Waals surface area contributed by atoms with Crippen LogP contribution in [0.5, 0.6) is 0 Å². The summed E-state index contributed by atoms with van der Waals surface area (Å²) in [4.78, 5) is 5.36. The Balaban J connectivity index is 2.46. The van der Waals surface area contributed by atoms with Gasteiger partial charge in [-0.3, -0.25) is 9.80 Å². The van der Waals surface area contributed by atoms with Gasteiger partial charge in [0.2, 0.25) is 0 Å². The van der Waals surface area contributed by atoms with Crippen LogP contribution in [0.25, 0.3) is 0 Å². The first-order chi connectivity index (χ1) is 12.2. The Labute approximate surface area is 181 Å². The minimum atomic E-state index is 0.294. The lowest BCUT2D eigenvalue weighted by Crippen LogP contribution is -2.44. The van der Waals surface area contributed by atoms with Gasteiger partial charge in [-0.25, -0.2) is 0 Å². The highest BCUT2D eigenvalue weighted by molar-refractivity contribution is 8.03. The van der Waals surface area contributed by atoms with E-state index in [0.29, 0.717) is 11.1 Å². The van der Waals surface area contributed by atoms with E-state index in [-0.39, 0.29) is 0 Å². The zero-order valence-electron chi connectivity index (χ0n) is 18.0. The minimum Gasteiger partial charge on any atom is -0.297 e. The predicted molar refractivity (Wildman–Crippen MR) is 132 cm³/mol. The quantitative estimate of drug-likeness (QED) is 0.513. The summed E-state index contributed by atoms with van der Waals surface area (Å²) in [7, 11) is 0. The van der Waals surface area contributed by atoms with E-state index >= 15 is 0 Å². The molecule has 1 heterocycles. The number of hydrogen-bond acceptors (Lipinski definition) is 6. The Hall–Kier alpha value is 1.32. The maximum atomic E-state index is 2.68. The Morgan fingerprint density at radius 2 is 0.654 bits per heavy atom. The molecule has 0 bridgehead atoms. The standard InChI is InChI=1S/C20H42N2S4/c1-19(2,3)21-7-11-23-15-17-25-13-9-22(20(4,5)6)10-14-26-18-16-24-12-8-21/h7-18H2,1-6H3. The average molecular weight is 439 g/mol. The summed E-state index contributed by atoms with van der Waals surface area (Å²) in [6.45, 7) is 19.1. The van der Waals surface area contributed by atoms with Crippen LogP contribution in [-0.2, 0) is 0 Å². The molecular weight excluding hydrogens is 397 g/mol. The van der Waals surface area contributed by atoms with E-state index < -0.39 is 0 Å². The van der Waals surface area contributed by atoms with E-state index in [0.717, 1.165) is 0 Å². The van der Waals surface area contributed by atoms with Gasteiger partial charge in [-0.05, 0) is 41.5 Å². The van der Waals surface area contributed by atoms with Gasteiger partial charge in [0.15, 0.2) is 0 Å². The van der Waals surface area contributed by atoms with Gasteiger partial charge in [-0.2, -0.15) is 47.0 Å². The summed E-state index contributed by atoms with van der Waals surface area (Å²) in [5.41, 5.74) is 0.587. The lowest BCUT2D eigenvalue weighted by molar-refractivity contribution is 0.156. The summed E-state index contributed by atoms with van der Waals surface area (Å²) in [6.07, 6.45) is 0. The Morgan fingerprint density at radius 1 is 0.423 bits per heavy atom. The first-order valence-corrected chi connectivity index (χ1v) is 14.6. The fraction of sp³-hybridized carbons (Fsp3) is 1.00. The molecule has 1 aliphatic heterocycles. The topological polar surface area (TPSA) is 6.48 Å². The van der Waals surface area contributed by atoms with Gasteiger partial charge in [-0.15, -0.1) is 0 Å². The third-order valence-electron chi connectivity index (χ3n) is 4.66. The zero-order valence-corrected chi connectivity index (χ0v) is 21.3. The molecule has 0 aliphatic carbocycles. The Morgan fingerprint density at radius 3 is 0.846 bits per heavy atom. The molecule has 156 valence electrons. The SMILES string of the molecule is CC(C)(C)N1CCSCCSCCN(C(C)(C)C)CCSCCSCC1. The minimum absolute atomic E-state index is 0.294. The van der Waals surface area contributed by atoms with E-state index in [4.69, 9.17) is 0 Å². The highest BCUT2D eigenvalue weighted by atomic mass is 32.2. The van der Waals surface area contributed by atoms with Crippen molar-refractivity contribution >= 4 is 47.0 Å². The van der Waals surface area contributed by atoms with Crippen molar-refractivity contribution in [2.45, 2.75) is 52.6 Å². The second kappa shape index (κ2) is 13.5. The summed E-state index contributed by atoms with van der Waals surface area (Å²) >= 11 is 8.55. The van der Waals surface area contributed by atoms with Gasteiger partial charge >= 0.3 is 0 Å². The number of hydrogen-bond donors (Lipinski definition) is 0. The van der Waals surface area contributed by atoms with Crippen molar-refractivity contribution in [3.05, 3.63) is 0 Å². The van der Waals surface area contributed by atoms with E-state index in [2.05, 4.69) is 98.4 Å². The third-order valence-corrected chi connectivity index (χ3v) is 9.04. The first kappa shape index (κ1) is 25.4. The smallest absolute Gasteiger partial charge is 0.0125 e. The molecule has 1 aliphatic rings. The van der Waals surface area contributed by atoms with E-state index in [9.17, 15) is 0 Å². The molecule has 0 N–H and O–H groups in total. The predicted octanol–water partition coefficient (Wildman–Crippen LogP) is 5.13. The van der Waals surface area contributed by atoms with Gasteiger partial charge < -0.3 is 0 Å². The van der Waals surface area contributed by atoms with Gasteiger partial charge in [0.1, 0.15) is 0 Å². The highest BCUT2D eigenvalue weighted by Crippen LogP contribution is 2.19. The molecule has 0 aromatic carbocycles. The lowest BCUT2D eigenvalue weighted by Gasteiger charge is -2.36. The fourth-order valence-electron chi connectivity index (χ4n) is 2.91. The molecule has 0 unspecified atom stereocenters. The zero-order chi connectivity index (χ0) is 19.5. The molecular formula is C20H42N2S4. The van der Waals surface area contributed by atoms with Crippen molar-refractivity contribution in [1.82, 2.24) is 9.80 Å². The van der Waals surface area contributed by atoms with Gasteiger partial charge in [-0.1, -0.05) is 0 Å². The normalized spacial score (nSPS) is 23.3. The summed E-state index contributed by atoms with van der Waals surface area (Å²) < 4.78 is 0. The molecule has 0 aromatic heterocycles. The lowest BCUT2D eigenvalue weighted by atomic mass is 10.1. The van der Waals surface area contributed by atoms with Crippen LogP contribution in [0, 0.1) is 0 Å². The Kier molecular flexibility index (Phi) is 13.2. The molecule has 1 fully saturated rings. The molecule has 0 amide bonds. The monoisotopic (exact) mass is 438 g/mol. The van der Waals surface area contributed by atoms with Gasteiger partial charge in [0, 0.05) is 83.3 Å². The van der Waals surface area contributed by atoms with Crippen LogP contribution in [0.4, 0.5) is 0 Å². The molecule has 0 spiro atoms. The summed E-state index contributed by atoms with van der Waals surface area (Å²) in [5, 5.41) is 0. The molecule has 0 aromatic rings. The van der Waals surface area contributed by atoms with E-state index in [1.165, 1.54) is 72.2 Å². The first-order valence-electron chi connectivity index (χ1n) is 10.0.